The van der Waals surface area contributed by atoms with Gasteiger partial charge in [0.15, 0.2) is 5.58 Å². The number of ether oxygens (including phenoxy) is 2. The highest BCUT2D eigenvalue weighted by atomic mass is 16.5. The van der Waals surface area contributed by atoms with E-state index in [1.54, 1.807) is 14.2 Å². The van der Waals surface area contributed by atoms with Gasteiger partial charge < -0.3 is 19.2 Å². The number of hydrogen-bond donors (Lipinski definition) is 1. The van der Waals surface area contributed by atoms with Crippen molar-refractivity contribution in [2.24, 2.45) is 0 Å². The molecular formula is C12H16N2O3. The average Bonchev–Trinajstić information content (AvgIpc) is 2.77. The molecule has 0 spiro atoms. The van der Waals surface area contributed by atoms with Gasteiger partial charge in [-0.3, -0.25) is 0 Å². The van der Waals surface area contributed by atoms with Crippen LogP contribution in [-0.4, -0.2) is 38.5 Å². The molecule has 5 nitrogen and oxygen atoms in total. The van der Waals surface area contributed by atoms with E-state index in [4.69, 9.17) is 13.9 Å². The highest BCUT2D eigenvalue weighted by molar-refractivity contribution is 5.74. The van der Waals surface area contributed by atoms with E-state index in [0.717, 1.165) is 11.1 Å². The lowest BCUT2D eigenvalue weighted by Gasteiger charge is -2.13. The van der Waals surface area contributed by atoms with E-state index in [1.165, 1.54) is 0 Å². The van der Waals surface area contributed by atoms with Gasteiger partial charge in [-0.2, -0.15) is 4.98 Å². The Kier molecular flexibility index (Phi) is 3.95. The lowest BCUT2D eigenvalue weighted by molar-refractivity contribution is 0.0363. The van der Waals surface area contributed by atoms with Crippen LogP contribution in [0.1, 0.15) is 0 Å². The maximum absolute atomic E-state index is 5.52. The Bertz CT molecular complexity index is 436. The van der Waals surface area contributed by atoms with Crippen molar-refractivity contribution in [1.29, 1.82) is 0 Å². The molecule has 0 aliphatic heterocycles. The summed E-state index contributed by atoms with van der Waals surface area (Å²) >= 11 is 0. The van der Waals surface area contributed by atoms with E-state index in [2.05, 4.69) is 10.3 Å². The van der Waals surface area contributed by atoms with Crippen LogP contribution in [0.5, 0.6) is 0 Å². The van der Waals surface area contributed by atoms with E-state index < -0.39 is 0 Å². The predicted octanol–water partition coefficient (Wildman–Crippen LogP) is 1.90. The number of rotatable bonds is 6. The smallest absolute Gasteiger partial charge is 0.295 e. The van der Waals surface area contributed by atoms with Gasteiger partial charge in [0.1, 0.15) is 5.52 Å². The summed E-state index contributed by atoms with van der Waals surface area (Å²) in [6, 6.07) is 8.14. The van der Waals surface area contributed by atoms with Crippen molar-refractivity contribution in [3.8, 4) is 0 Å². The number of aromatic nitrogens is 1. The van der Waals surface area contributed by atoms with Gasteiger partial charge in [0.2, 0.25) is 0 Å². The number of para-hydroxylation sites is 2. The summed E-state index contributed by atoms with van der Waals surface area (Å²) in [7, 11) is 3.29. The van der Waals surface area contributed by atoms with Gasteiger partial charge in [0, 0.05) is 20.8 Å². The molecule has 92 valence electrons. The van der Waals surface area contributed by atoms with E-state index in [9.17, 15) is 0 Å². The van der Waals surface area contributed by atoms with Gasteiger partial charge in [0.05, 0.1) is 12.7 Å². The van der Waals surface area contributed by atoms with Crippen LogP contribution in [0.25, 0.3) is 11.1 Å². The molecule has 2 aromatic rings. The maximum atomic E-state index is 5.52. The van der Waals surface area contributed by atoms with Crippen LogP contribution in [0.15, 0.2) is 28.7 Å². The van der Waals surface area contributed by atoms with E-state index in [-0.39, 0.29) is 6.10 Å². The number of methoxy groups -OCH3 is 2. The molecule has 0 aliphatic carbocycles. The Morgan fingerprint density at radius 3 is 2.88 bits per heavy atom. The molecule has 0 saturated carbocycles. The minimum Gasteiger partial charge on any atom is -0.424 e. The third kappa shape index (κ3) is 2.95. The normalized spacial score (nSPS) is 12.8. The van der Waals surface area contributed by atoms with Crippen LogP contribution < -0.4 is 5.32 Å². The molecule has 1 heterocycles. The van der Waals surface area contributed by atoms with E-state index in [1.807, 2.05) is 24.3 Å². The molecule has 0 fully saturated rings. The third-order valence-corrected chi connectivity index (χ3v) is 2.46. The van der Waals surface area contributed by atoms with Crippen molar-refractivity contribution < 1.29 is 13.9 Å². The third-order valence-electron chi connectivity index (χ3n) is 2.46. The summed E-state index contributed by atoms with van der Waals surface area (Å²) in [6.07, 6.45) is -0.0185. The standard InChI is InChI=1S/C12H16N2O3/c1-15-8-9(16-2)7-13-12-14-10-5-3-4-6-11(10)17-12/h3-6,9H,7-8H2,1-2H3,(H,13,14). The fourth-order valence-electron chi connectivity index (χ4n) is 1.55. The van der Waals surface area contributed by atoms with Gasteiger partial charge in [-0.05, 0) is 12.1 Å². The molecule has 1 aromatic heterocycles. The highest BCUT2D eigenvalue weighted by Crippen LogP contribution is 2.17. The Balaban J connectivity index is 1.98. The molecule has 0 bridgehead atoms. The molecule has 5 heteroatoms. The molecule has 0 radical (unpaired) electrons. The first-order chi connectivity index (χ1) is 8.33. The summed E-state index contributed by atoms with van der Waals surface area (Å²) < 4.78 is 15.8. The Hall–Kier alpha value is -1.59. The SMILES string of the molecule is COCC(CNc1nc2ccccc2o1)OC. The van der Waals surface area contributed by atoms with Crippen LogP contribution in [0.2, 0.25) is 0 Å². The summed E-state index contributed by atoms with van der Waals surface area (Å²) in [5.41, 5.74) is 1.62. The predicted molar refractivity (Wildman–Crippen MR) is 65.2 cm³/mol. The Morgan fingerprint density at radius 1 is 1.35 bits per heavy atom. The molecule has 2 rings (SSSR count). The number of hydrogen-bond acceptors (Lipinski definition) is 5. The Morgan fingerprint density at radius 2 is 2.18 bits per heavy atom. The van der Waals surface area contributed by atoms with Gasteiger partial charge >= 0.3 is 0 Å². The second-order valence-corrected chi connectivity index (χ2v) is 3.68. The molecule has 0 aliphatic rings. The van der Waals surface area contributed by atoms with Crippen molar-refractivity contribution in [3.05, 3.63) is 24.3 Å². The van der Waals surface area contributed by atoms with E-state index in [0.29, 0.717) is 19.2 Å². The van der Waals surface area contributed by atoms with Crippen molar-refractivity contribution in [2.45, 2.75) is 6.10 Å². The number of oxazole rings is 1. The molecule has 0 saturated heterocycles. The van der Waals surface area contributed by atoms with Crippen molar-refractivity contribution in [1.82, 2.24) is 4.98 Å². The first-order valence-electron chi connectivity index (χ1n) is 5.44. The number of anilines is 1. The quantitative estimate of drug-likeness (QED) is 0.830. The lowest BCUT2D eigenvalue weighted by atomic mass is 10.3. The zero-order valence-corrected chi connectivity index (χ0v) is 9.97. The molecule has 1 atom stereocenters. The Labute approximate surface area is 99.7 Å². The molecule has 17 heavy (non-hydrogen) atoms. The van der Waals surface area contributed by atoms with Gasteiger partial charge in [-0.15, -0.1) is 0 Å². The first-order valence-corrected chi connectivity index (χ1v) is 5.44. The van der Waals surface area contributed by atoms with Crippen LogP contribution in [0, 0.1) is 0 Å². The van der Waals surface area contributed by atoms with Gasteiger partial charge in [0.25, 0.3) is 6.01 Å². The number of fused-ring (bicyclic) bond motifs is 1. The maximum Gasteiger partial charge on any atom is 0.295 e. The minimum atomic E-state index is -0.0185. The second-order valence-electron chi connectivity index (χ2n) is 3.68. The van der Waals surface area contributed by atoms with Gasteiger partial charge in [-0.25, -0.2) is 0 Å². The lowest BCUT2D eigenvalue weighted by Crippen LogP contribution is -2.26. The molecule has 1 unspecified atom stereocenters. The number of nitrogens with one attached hydrogen (secondary N) is 1. The molecular weight excluding hydrogens is 220 g/mol. The molecule has 0 amide bonds. The average molecular weight is 236 g/mol. The summed E-state index contributed by atoms with van der Waals surface area (Å²) in [5, 5.41) is 3.09. The topological polar surface area (TPSA) is 56.5 Å². The van der Waals surface area contributed by atoms with Crippen LogP contribution in [0.3, 0.4) is 0 Å². The monoisotopic (exact) mass is 236 g/mol. The number of nitrogens with zero attached hydrogens (tertiary/aromatic N) is 1. The van der Waals surface area contributed by atoms with Gasteiger partial charge in [-0.1, -0.05) is 12.1 Å². The van der Waals surface area contributed by atoms with Crippen LogP contribution >= 0.6 is 0 Å². The largest absolute Gasteiger partial charge is 0.424 e. The molecule has 1 aromatic carbocycles. The molecule has 1 N–H and O–H groups in total. The van der Waals surface area contributed by atoms with Crippen LogP contribution in [-0.2, 0) is 9.47 Å². The highest BCUT2D eigenvalue weighted by Gasteiger charge is 2.09. The number of benzene rings is 1. The second kappa shape index (κ2) is 5.65. The van der Waals surface area contributed by atoms with E-state index >= 15 is 0 Å². The zero-order chi connectivity index (χ0) is 12.1. The first kappa shape index (κ1) is 11.9. The fraction of sp³-hybridized carbons (Fsp3) is 0.417. The minimum absolute atomic E-state index is 0.0185. The zero-order valence-electron chi connectivity index (χ0n) is 9.97. The summed E-state index contributed by atoms with van der Waals surface area (Å²) in [4.78, 5) is 4.30. The van der Waals surface area contributed by atoms with Crippen molar-refractivity contribution in [3.63, 3.8) is 0 Å². The fourth-order valence-corrected chi connectivity index (χ4v) is 1.55. The van der Waals surface area contributed by atoms with Crippen molar-refractivity contribution in [2.75, 3.05) is 32.7 Å². The summed E-state index contributed by atoms with van der Waals surface area (Å²) in [6.45, 7) is 1.13. The van der Waals surface area contributed by atoms with Crippen molar-refractivity contribution >= 4 is 17.1 Å². The van der Waals surface area contributed by atoms with Crippen LogP contribution in [0.4, 0.5) is 6.01 Å². The summed E-state index contributed by atoms with van der Waals surface area (Å²) in [5.74, 6) is 0.